The number of halogens is 1. The van der Waals surface area contributed by atoms with Crippen molar-refractivity contribution in [1.29, 1.82) is 0 Å². The smallest absolute Gasteiger partial charge is 0.225 e. The van der Waals surface area contributed by atoms with Gasteiger partial charge in [-0.25, -0.2) is 4.68 Å². The molecular weight excluding hydrogens is 396 g/mol. The van der Waals surface area contributed by atoms with E-state index in [9.17, 15) is 4.79 Å². The minimum atomic E-state index is 0. The van der Waals surface area contributed by atoms with E-state index in [0.29, 0.717) is 24.4 Å². The number of aromatic nitrogens is 2. The van der Waals surface area contributed by atoms with E-state index in [1.807, 2.05) is 35.7 Å². The zero-order valence-electron chi connectivity index (χ0n) is 18.6. The van der Waals surface area contributed by atoms with Crippen LogP contribution >= 0.6 is 12.4 Å². The fourth-order valence-electron chi connectivity index (χ4n) is 5.56. The van der Waals surface area contributed by atoms with Gasteiger partial charge in [-0.15, -0.1) is 12.4 Å². The summed E-state index contributed by atoms with van der Waals surface area (Å²) >= 11 is 0. The minimum absolute atomic E-state index is 0. The first-order valence-electron chi connectivity index (χ1n) is 11.0. The maximum atomic E-state index is 13.3. The fourth-order valence-corrected chi connectivity index (χ4v) is 5.56. The molecule has 0 aliphatic heterocycles. The molecule has 2 bridgehead atoms. The fraction of sp³-hybridized carbons (Fsp3) is 0.583. The molecule has 2 N–H and O–H groups in total. The molecule has 2 aliphatic carbocycles. The zero-order valence-corrected chi connectivity index (χ0v) is 19.4. The van der Waals surface area contributed by atoms with Gasteiger partial charge in [0.2, 0.25) is 5.91 Å². The van der Waals surface area contributed by atoms with Gasteiger partial charge >= 0.3 is 0 Å². The Bertz CT molecular complexity index is 895. The lowest BCUT2D eigenvalue weighted by Gasteiger charge is -2.44. The van der Waals surface area contributed by atoms with Crippen molar-refractivity contribution in [2.45, 2.75) is 65.5 Å². The summed E-state index contributed by atoms with van der Waals surface area (Å²) in [6.07, 6.45) is 5.57. The van der Waals surface area contributed by atoms with Crippen molar-refractivity contribution in [2.24, 2.45) is 23.5 Å². The quantitative estimate of drug-likeness (QED) is 0.784. The minimum Gasteiger partial charge on any atom is -0.341 e. The lowest BCUT2D eigenvalue weighted by atomic mass is 9.65. The maximum absolute atomic E-state index is 13.3. The van der Waals surface area contributed by atoms with Crippen LogP contribution in [-0.2, 0) is 11.3 Å². The molecular formula is C24H35ClN4O. The number of para-hydroxylation sites is 1. The van der Waals surface area contributed by atoms with Gasteiger partial charge in [0.05, 0.1) is 11.4 Å². The monoisotopic (exact) mass is 430 g/mol. The summed E-state index contributed by atoms with van der Waals surface area (Å²) in [7, 11) is 1.94. The molecule has 0 spiro atoms. The second-order valence-electron chi connectivity index (χ2n) is 9.24. The Kier molecular flexibility index (Phi) is 6.93. The third-order valence-corrected chi connectivity index (χ3v) is 7.32. The van der Waals surface area contributed by atoms with Crippen molar-refractivity contribution >= 4 is 18.3 Å². The van der Waals surface area contributed by atoms with Gasteiger partial charge in [0.25, 0.3) is 0 Å². The molecule has 2 fully saturated rings. The lowest BCUT2D eigenvalue weighted by molar-refractivity contribution is -0.137. The molecule has 2 atom stereocenters. The molecule has 1 heterocycles. The van der Waals surface area contributed by atoms with Gasteiger partial charge in [0, 0.05) is 36.8 Å². The molecule has 2 saturated carbocycles. The van der Waals surface area contributed by atoms with E-state index in [1.54, 1.807) is 0 Å². The van der Waals surface area contributed by atoms with Crippen LogP contribution in [0.15, 0.2) is 24.3 Å². The lowest BCUT2D eigenvalue weighted by Crippen LogP contribution is -2.49. The summed E-state index contributed by atoms with van der Waals surface area (Å²) in [6.45, 7) is 6.86. The molecule has 0 radical (unpaired) electrons. The molecule has 164 valence electrons. The first kappa shape index (κ1) is 22.8. The van der Waals surface area contributed by atoms with Crippen LogP contribution in [0.4, 0.5) is 0 Å². The molecule has 2 aromatic rings. The predicted octanol–water partition coefficient (Wildman–Crippen LogP) is 4.33. The van der Waals surface area contributed by atoms with E-state index < -0.39 is 0 Å². The highest BCUT2D eigenvalue weighted by molar-refractivity contribution is 5.85. The number of carbonyl (C=O) groups is 1. The van der Waals surface area contributed by atoms with E-state index in [1.165, 1.54) is 24.8 Å². The number of benzene rings is 1. The Labute approximate surface area is 186 Å². The number of nitrogens with two attached hydrogens (primary N) is 1. The average molecular weight is 431 g/mol. The molecule has 2 unspecified atom stereocenters. The van der Waals surface area contributed by atoms with E-state index in [0.717, 1.165) is 35.5 Å². The molecule has 1 amide bonds. The van der Waals surface area contributed by atoms with Crippen molar-refractivity contribution < 1.29 is 4.79 Å². The predicted molar refractivity (Wildman–Crippen MR) is 123 cm³/mol. The molecule has 5 nitrogen and oxygen atoms in total. The summed E-state index contributed by atoms with van der Waals surface area (Å²) in [4.78, 5) is 15.2. The van der Waals surface area contributed by atoms with Gasteiger partial charge in [0.15, 0.2) is 0 Å². The molecule has 30 heavy (non-hydrogen) atoms. The van der Waals surface area contributed by atoms with Crippen molar-refractivity contribution in [2.75, 3.05) is 7.05 Å². The molecule has 4 rings (SSSR count). The Morgan fingerprint density at radius 3 is 2.43 bits per heavy atom. The van der Waals surface area contributed by atoms with Crippen molar-refractivity contribution in [1.82, 2.24) is 14.7 Å². The van der Waals surface area contributed by atoms with Gasteiger partial charge < -0.3 is 10.6 Å². The second-order valence-corrected chi connectivity index (χ2v) is 9.24. The summed E-state index contributed by atoms with van der Waals surface area (Å²) in [5.74, 6) is 1.45. The highest BCUT2D eigenvalue weighted by Gasteiger charge is 2.41. The van der Waals surface area contributed by atoms with Crippen LogP contribution in [0.2, 0.25) is 0 Å². The summed E-state index contributed by atoms with van der Waals surface area (Å²) in [5, 5.41) is 4.78. The second kappa shape index (κ2) is 9.11. The number of nitrogens with zero attached hydrogens (tertiary/aromatic N) is 3. The largest absolute Gasteiger partial charge is 0.341 e. The highest BCUT2D eigenvalue weighted by atomic mass is 35.5. The van der Waals surface area contributed by atoms with Crippen molar-refractivity contribution in [3.05, 3.63) is 46.8 Å². The van der Waals surface area contributed by atoms with Crippen LogP contribution in [0.1, 0.15) is 54.6 Å². The molecule has 1 aromatic carbocycles. The van der Waals surface area contributed by atoms with E-state index in [-0.39, 0.29) is 24.2 Å². The van der Waals surface area contributed by atoms with Crippen LogP contribution < -0.4 is 5.73 Å². The van der Waals surface area contributed by atoms with Crippen LogP contribution in [0.25, 0.3) is 5.69 Å². The van der Waals surface area contributed by atoms with Gasteiger partial charge in [0.1, 0.15) is 0 Å². The molecule has 1 aromatic heterocycles. The number of rotatable bonds is 4. The van der Waals surface area contributed by atoms with Gasteiger partial charge in [-0.05, 0) is 69.9 Å². The van der Waals surface area contributed by atoms with Crippen LogP contribution in [0, 0.1) is 38.5 Å². The van der Waals surface area contributed by atoms with Crippen LogP contribution in [0.5, 0.6) is 0 Å². The first-order valence-corrected chi connectivity index (χ1v) is 11.0. The van der Waals surface area contributed by atoms with Gasteiger partial charge in [-0.2, -0.15) is 5.10 Å². The number of hydrogen-bond acceptors (Lipinski definition) is 3. The standard InChI is InChI=1S/C24H34N4O.ClH/c1-15-8-5-6-11-22(15)28-17(3)21(16(2)26-28)14-27(4)24(29)20-12-18-9-7-10-19(13-20)23(18)25;/h5-6,8,11,18-20,23H,7,9-10,12-14,25H2,1-4H3;1H. The summed E-state index contributed by atoms with van der Waals surface area (Å²) in [5.41, 5.74) is 12.0. The summed E-state index contributed by atoms with van der Waals surface area (Å²) < 4.78 is 2.02. The normalized spacial score (nSPS) is 25.5. The third kappa shape index (κ3) is 4.15. The Balaban J connectivity index is 0.00000256. The highest BCUT2D eigenvalue weighted by Crippen LogP contribution is 2.42. The molecule has 6 heteroatoms. The van der Waals surface area contributed by atoms with Crippen molar-refractivity contribution in [3.63, 3.8) is 0 Å². The average Bonchev–Trinajstić information content (AvgIpc) is 2.95. The number of aryl methyl sites for hydroxylation is 2. The topological polar surface area (TPSA) is 64.2 Å². The first-order chi connectivity index (χ1) is 13.9. The Morgan fingerprint density at radius 1 is 1.17 bits per heavy atom. The van der Waals surface area contributed by atoms with Crippen LogP contribution in [-0.4, -0.2) is 33.7 Å². The number of hydrogen-bond donors (Lipinski definition) is 1. The maximum Gasteiger partial charge on any atom is 0.225 e. The Morgan fingerprint density at radius 2 is 1.80 bits per heavy atom. The van der Waals surface area contributed by atoms with Crippen LogP contribution in [0.3, 0.4) is 0 Å². The molecule has 0 saturated heterocycles. The summed E-state index contributed by atoms with van der Waals surface area (Å²) in [6, 6.07) is 8.58. The molecule has 2 aliphatic rings. The number of carbonyl (C=O) groups excluding carboxylic acids is 1. The number of fused-ring (bicyclic) bond motifs is 2. The van der Waals surface area contributed by atoms with Gasteiger partial charge in [-0.1, -0.05) is 24.6 Å². The van der Waals surface area contributed by atoms with Crippen molar-refractivity contribution in [3.8, 4) is 5.69 Å². The van der Waals surface area contributed by atoms with Gasteiger partial charge in [-0.3, -0.25) is 4.79 Å². The van der Waals surface area contributed by atoms with E-state index in [4.69, 9.17) is 10.8 Å². The zero-order chi connectivity index (χ0) is 20.7. The number of amides is 1. The van der Waals surface area contributed by atoms with E-state index in [2.05, 4.69) is 26.0 Å². The SMILES string of the molecule is Cc1ccccc1-n1nc(C)c(CN(C)C(=O)C2CC3CCCC(C2)C3N)c1C.Cl. The van der Waals surface area contributed by atoms with E-state index >= 15 is 0 Å². The third-order valence-electron chi connectivity index (χ3n) is 7.32. The Hall–Kier alpha value is -1.85.